The molecule has 0 saturated carbocycles. The summed E-state index contributed by atoms with van der Waals surface area (Å²) < 4.78 is 0. The molecule has 0 saturated heterocycles. The maximum absolute atomic E-state index is 6.02. The van der Waals surface area contributed by atoms with Crippen molar-refractivity contribution < 1.29 is 0 Å². The highest BCUT2D eigenvalue weighted by Crippen LogP contribution is 2.30. The number of fused-ring (bicyclic) bond motifs is 2. The van der Waals surface area contributed by atoms with E-state index < -0.39 is 0 Å². The van der Waals surface area contributed by atoms with Crippen molar-refractivity contribution in [1.29, 1.82) is 0 Å². The molecule has 2 aromatic carbocycles. The molecule has 0 spiro atoms. The van der Waals surface area contributed by atoms with Gasteiger partial charge in [-0.25, -0.2) is 4.98 Å². The molecule has 5 rings (SSSR count). The monoisotopic (exact) mass is 361 g/mol. The van der Waals surface area contributed by atoms with Gasteiger partial charge in [0.05, 0.1) is 22.9 Å². The topological polar surface area (TPSA) is 57.7 Å². The van der Waals surface area contributed by atoms with E-state index in [0.717, 1.165) is 52.6 Å². The summed E-state index contributed by atoms with van der Waals surface area (Å²) in [6.07, 6.45) is 2.76. The van der Waals surface area contributed by atoms with Crippen LogP contribution >= 0.6 is 11.6 Å². The fraction of sp³-hybridized carbons (Fsp3) is 0.150. The number of rotatable bonds is 2. The predicted octanol–water partition coefficient (Wildman–Crippen LogP) is 4.24. The molecule has 0 bridgehead atoms. The van der Waals surface area contributed by atoms with E-state index >= 15 is 0 Å². The predicted molar refractivity (Wildman–Crippen MR) is 103 cm³/mol. The quantitative estimate of drug-likeness (QED) is 0.580. The van der Waals surface area contributed by atoms with Crippen LogP contribution in [0.15, 0.2) is 54.7 Å². The zero-order chi connectivity index (χ0) is 17.5. The fourth-order valence-electron chi connectivity index (χ4n) is 3.44. The molecule has 1 N–H and O–H groups in total. The fourth-order valence-corrected chi connectivity index (χ4v) is 3.56. The van der Waals surface area contributed by atoms with Gasteiger partial charge in [-0.2, -0.15) is 5.10 Å². The number of halogens is 1. The van der Waals surface area contributed by atoms with Crippen LogP contribution in [-0.4, -0.2) is 26.7 Å². The van der Waals surface area contributed by atoms with E-state index in [-0.39, 0.29) is 0 Å². The Morgan fingerprint density at radius 2 is 1.81 bits per heavy atom. The Bertz CT molecular complexity index is 1090. The lowest BCUT2D eigenvalue weighted by Crippen LogP contribution is -2.31. The molecule has 1 aliphatic heterocycles. The second-order valence-corrected chi connectivity index (χ2v) is 6.86. The average Bonchev–Trinajstić information content (AvgIpc) is 3.11. The first-order valence-electron chi connectivity index (χ1n) is 8.57. The van der Waals surface area contributed by atoms with Crippen LogP contribution in [0, 0.1) is 0 Å². The Labute approximate surface area is 155 Å². The summed E-state index contributed by atoms with van der Waals surface area (Å²) in [5.74, 6) is 0.901. The molecule has 128 valence electrons. The van der Waals surface area contributed by atoms with Crippen LogP contribution < -0.4 is 4.90 Å². The summed E-state index contributed by atoms with van der Waals surface area (Å²) in [5.41, 5.74) is 6.29. The van der Waals surface area contributed by atoms with E-state index in [2.05, 4.69) is 20.1 Å². The van der Waals surface area contributed by atoms with Gasteiger partial charge in [-0.05, 0) is 24.3 Å². The third-order valence-corrected chi connectivity index (χ3v) is 5.06. The van der Waals surface area contributed by atoms with Gasteiger partial charge in [-0.1, -0.05) is 35.9 Å². The summed E-state index contributed by atoms with van der Waals surface area (Å²) in [6, 6.07) is 15.8. The molecule has 5 nitrogen and oxygen atoms in total. The molecule has 0 radical (unpaired) electrons. The number of para-hydroxylation sites is 2. The minimum absolute atomic E-state index is 0.728. The Morgan fingerprint density at radius 3 is 2.65 bits per heavy atom. The Hall–Kier alpha value is -2.92. The van der Waals surface area contributed by atoms with Crippen molar-refractivity contribution in [3.05, 3.63) is 71.0 Å². The minimum atomic E-state index is 0.728. The summed E-state index contributed by atoms with van der Waals surface area (Å²) >= 11 is 6.02. The number of H-pyrrole nitrogens is 1. The third kappa shape index (κ3) is 2.61. The average molecular weight is 362 g/mol. The van der Waals surface area contributed by atoms with Crippen molar-refractivity contribution in [3.8, 4) is 11.3 Å². The first-order valence-corrected chi connectivity index (χ1v) is 8.94. The lowest BCUT2D eigenvalue weighted by atomic mass is 10.0. The zero-order valence-corrected chi connectivity index (χ0v) is 14.7. The number of anilines is 1. The zero-order valence-electron chi connectivity index (χ0n) is 14.0. The lowest BCUT2D eigenvalue weighted by Gasteiger charge is -2.28. The Kier molecular flexibility index (Phi) is 3.60. The van der Waals surface area contributed by atoms with Crippen LogP contribution in [0.4, 0.5) is 5.82 Å². The van der Waals surface area contributed by atoms with E-state index in [1.165, 1.54) is 11.3 Å². The number of nitrogens with zero attached hydrogens (tertiary/aromatic N) is 4. The van der Waals surface area contributed by atoms with Crippen LogP contribution in [0.2, 0.25) is 5.02 Å². The van der Waals surface area contributed by atoms with Gasteiger partial charge < -0.3 is 4.90 Å². The number of hydrogen-bond donors (Lipinski definition) is 1. The highest BCUT2D eigenvalue weighted by molar-refractivity contribution is 6.30. The summed E-state index contributed by atoms with van der Waals surface area (Å²) in [7, 11) is 0. The van der Waals surface area contributed by atoms with Gasteiger partial charge >= 0.3 is 0 Å². The highest BCUT2D eigenvalue weighted by Gasteiger charge is 2.24. The lowest BCUT2D eigenvalue weighted by molar-refractivity contribution is 0.711. The van der Waals surface area contributed by atoms with Gasteiger partial charge in [0.1, 0.15) is 5.82 Å². The second-order valence-electron chi connectivity index (χ2n) is 6.42. The van der Waals surface area contributed by atoms with E-state index in [4.69, 9.17) is 16.6 Å². The molecular weight excluding hydrogens is 346 g/mol. The second kappa shape index (κ2) is 6.11. The number of aromatic amines is 1. The van der Waals surface area contributed by atoms with Crippen molar-refractivity contribution in [2.45, 2.75) is 13.0 Å². The van der Waals surface area contributed by atoms with Gasteiger partial charge in [0.15, 0.2) is 0 Å². The molecule has 6 heteroatoms. The van der Waals surface area contributed by atoms with E-state index in [9.17, 15) is 0 Å². The Balaban J connectivity index is 1.50. The van der Waals surface area contributed by atoms with Gasteiger partial charge in [0.2, 0.25) is 0 Å². The van der Waals surface area contributed by atoms with Crippen LogP contribution in [0.1, 0.15) is 11.3 Å². The van der Waals surface area contributed by atoms with Gasteiger partial charge in [-0.3, -0.25) is 10.1 Å². The van der Waals surface area contributed by atoms with E-state index in [1.807, 2.05) is 54.7 Å². The molecule has 26 heavy (non-hydrogen) atoms. The van der Waals surface area contributed by atoms with Crippen LogP contribution in [0.5, 0.6) is 0 Å². The molecule has 3 heterocycles. The maximum Gasteiger partial charge on any atom is 0.148 e. The SMILES string of the molecule is Clc1ccc(-c2n[nH]c3c2CN(c2cnc4ccccc4n2)CC3)cc1. The van der Waals surface area contributed by atoms with Crippen molar-refractivity contribution in [2.24, 2.45) is 0 Å². The van der Waals surface area contributed by atoms with E-state index in [0.29, 0.717) is 0 Å². The smallest absolute Gasteiger partial charge is 0.148 e. The molecule has 1 aliphatic rings. The standard InChI is InChI=1S/C20H16ClN5/c21-14-7-5-13(6-8-14)20-15-12-26(10-9-16(15)24-25-20)19-11-22-17-3-1-2-4-18(17)23-19/h1-8,11H,9-10,12H2,(H,24,25). The number of hydrogen-bond acceptors (Lipinski definition) is 4. The molecule has 0 aliphatic carbocycles. The summed E-state index contributed by atoms with van der Waals surface area (Å²) in [4.78, 5) is 11.6. The molecule has 2 aromatic heterocycles. The normalized spacial score (nSPS) is 13.8. The van der Waals surface area contributed by atoms with Crippen LogP contribution in [-0.2, 0) is 13.0 Å². The number of benzene rings is 2. The molecule has 0 fully saturated rings. The van der Waals surface area contributed by atoms with Crippen molar-refractivity contribution in [1.82, 2.24) is 20.2 Å². The van der Waals surface area contributed by atoms with Crippen molar-refractivity contribution >= 4 is 28.5 Å². The molecule has 0 atom stereocenters. The molecule has 4 aromatic rings. The van der Waals surface area contributed by atoms with Crippen LogP contribution in [0.25, 0.3) is 22.3 Å². The molecular formula is C20H16ClN5. The van der Waals surface area contributed by atoms with Gasteiger partial charge in [0.25, 0.3) is 0 Å². The third-order valence-electron chi connectivity index (χ3n) is 4.81. The summed E-state index contributed by atoms with van der Waals surface area (Å²) in [5, 5.41) is 8.47. The largest absolute Gasteiger partial charge is 0.350 e. The molecule has 0 amide bonds. The van der Waals surface area contributed by atoms with E-state index in [1.54, 1.807) is 0 Å². The van der Waals surface area contributed by atoms with Crippen molar-refractivity contribution in [2.75, 3.05) is 11.4 Å². The first kappa shape index (κ1) is 15.3. The number of nitrogens with one attached hydrogen (secondary N) is 1. The highest BCUT2D eigenvalue weighted by atomic mass is 35.5. The Morgan fingerprint density at radius 1 is 1.00 bits per heavy atom. The van der Waals surface area contributed by atoms with Crippen LogP contribution in [0.3, 0.4) is 0 Å². The minimum Gasteiger partial charge on any atom is -0.350 e. The maximum atomic E-state index is 6.02. The number of aromatic nitrogens is 4. The molecule has 0 unspecified atom stereocenters. The van der Waals surface area contributed by atoms with Gasteiger partial charge in [-0.15, -0.1) is 0 Å². The first-order chi connectivity index (χ1) is 12.8. The van der Waals surface area contributed by atoms with Crippen molar-refractivity contribution in [3.63, 3.8) is 0 Å². The summed E-state index contributed by atoms with van der Waals surface area (Å²) in [6.45, 7) is 1.65. The van der Waals surface area contributed by atoms with Gasteiger partial charge in [0, 0.05) is 41.4 Å².